The number of carbonyl (C=O) groups is 4. The van der Waals surface area contributed by atoms with Crippen molar-refractivity contribution in [3.05, 3.63) is 0 Å². The third-order valence-electron chi connectivity index (χ3n) is 8.60. The molecule has 0 atom stereocenters. The molecule has 12 heteroatoms. The highest BCUT2D eigenvalue weighted by molar-refractivity contribution is 8.15. The summed E-state index contributed by atoms with van der Waals surface area (Å²) in [4.78, 5) is 49.7. The number of ether oxygens (including phenoxy) is 2. The predicted molar refractivity (Wildman–Crippen MR) is 189 cm³/mol. The van der Waals surface area contributed by atoms with Gasteiger partial charge in [-0.05, 0) is 95.5 Å². The maximum absolute atomic E-state index is 12.8. The standard InChI is InChI=1S/C34H62N4O6S2/c1-27(2)43-30(41)37-24-33(14-8-6-9-15-33)22-28(39)35-18-12-20-45-26-46-21-13-19-36-29(40)23-34(16-10-7-11-17-34)25-38-31(42)44-32(3,4)5/h27H,6-26H2,1-5H3,(H,35,39)(H,36,40)(H,37,41)(H,38,42). The van der Waals surface area contributed by atoms with Crippen LogP contribution in [-0.4, -0.2) is 78.5 Å². The fourth-order valence-electron chi connectivity index (χ4n) is 6.31. The van der Waals surface area contributed by atoms with Crippen molar-refractivity contribution in [1.29, 1.82) is 0 Å². The number of amides is 4. The summed E-state index contributed by atoms with van der Waals surface area (Å²) >= 11 is 3.74. The Morgan fingerprint density at radius 2 is 1.11 bits per heavy atom. The van der Waals surface area contributed by atoms with Crippen LogP contribution in [0.5, 0.6) is 0 Å². The van der Waals surface area contributed by atoms with E-state index < -0.39 is 17.8 Å². The minimum absolute atomic E-state index is 0.0635. The lowest BCUT2D eigenvalue weighted by Crippen LogP contribution is -2.44. The van der Waals surface area contributed by atoms with Crippen LogP contribution in [-0.2, 0) is 19.1 Å². The van der Waals surface area contributed by atoms with Crippen LogP contribution in [0, 0.1) is 10.8 Å². The van der Waals surface area contributed by atoms with Crippen LogP contribution in [0.15, 0.2) is 0 Å². The predicted octanol–water partition coefficient (Wildman–Crippen LogP) is 6.76. The Labute approximate surface area is 286 Å². The van der Waals surface area contributed by atoms with Gasteiger partial charge >= 0.3 is 12.2 Å². The lowest BCUT2D eigenvalue weighted by Gasteiger charge is -2.37. The number of carbonyl (C=O) groups excluding carboxylic acids is 4. The first-order chi connectivity index (χ1) is 21.8. The van der Waals surface area contributed by atoms with Crippen LogP contribution >= 0.6 is 23.5 Å². The van der Waals surface area contributed by atoms with E-state index in [0.717, 1.165) is 80.8 Å². The minimum atomic E-state index is -0.542. The van der Waals surface area contributed by atoms with Gasteiger partial charge in [0.1, 0.15) is 5.60 Å². The van der Waals surface area contributed by atoms with E-state index >= 15 is 0 Å². The van der Waals surface area contributed by atoms with Crippen LogP contribution in [0.1, 0.15) is 125 Å². The molecule has 0 aromatic carbocycles. The van der Waals surface area contributed by atoms with Crippen molar-refractivity contribution < 1.29 is 28.7 Å². The van der Waals surface area contributed by atoms with Gasteiger partial charge in [-0.1, -0.05) is 38.5 Å². The summed E-state index contributed by atoms with van der Waals surface area (Å²) in [6, 6.07) is 0. The fourth-order valence-corrected chi connectivity index (χ4v) is 8.42. The minimum Gasteiger partial charge on any atom is -0.447 e. The smallest absolute Gasteiger partial charge is 0.407 e. The van der Waals surface area contributed by atoms with E-state index in [-0.39, 0.29) is 28.7 Å². The Bertz CT molecular complexity index is 931. The molecular formula is C34H62N4O6S2. The monoisotopic (exact) mass is 686 g/mol. The molecule has 0 unspecified atom stereocenters. The summed E-state index contributed by atoms with van der Waals surface area (Å²) in [6.45, 7) is 11.5. The van der Waals surface area contributed by atoms with E-state index in [9.17, 15) is 19.2 Å². The number of alkyl carbamates (subject to hydrolysis) is 2. The summed E-state index contributed by atoms with van der Waals surface area (Å²) in [6.07, 6.45) is 12.2. The summed E-state index contributed by atoms with van der Waals surface area (Å²) in [5.41, 5.74) is -0.916. The molecule has 2 fully saturated rings. The van der Waals surface area contributed by atoms with Gasteiger partial charge in [0.05, 0.1) is 6.10 Å². The van der Waals surface area contributed by atoms with Crippen molar-refractivity contribution in [2.45, 2.75) is 136 Å². The van der Waals surface area contributed by atoms with Gasteiger partial charge in [-0.3, -0.25) is 9.59 Å². The van der Waals surface area contributed by atoms with Crippen LogP contribution < -0.4 is 21.3 Å². The number of hydrogen-bond donors (Lipinski definition) is 4. The average Bonchev–Trinajstić information content (AvgIpc) is 2.98. The van der Waals surface area contributed by atoms with Gasteiger partial charge in [-0.25, -0.2) is 9.59 Å². The van der Waals surface area contributed by atoms with Crippen molar-refractivity contribution >= 4 is 47.5 Å². The van der Waals surface area contributed by atoms with Gasteiger partial charge in [0.25, 0.3) is 0 Å². The Hall–Kier alpha value is -1.82. The third kappa shape index (κ3) is 17.9. The lowest BCUT2D eigenvalue weighted by atomic mass is 9.71. The van der Waals surface area contributed by atoms with Crippen LogP contribution in [0.2, 0.25) is 0 Å². The molecule has 0 saturated heterocycles. The molecule has 2 aliphatic carbocycles. The number of rotatable bonds is 19. The molecule has 0 aromatic heterocycles. The molecule has 2 saturated carbocycles. The van der Waals surface area contributed by atoms with Crippen molar-refractivity contribution in [2.24, 2.45) is 10.8 Å². The molecule has 266 valence electrons. The summed E-state index contributed by atoms with van der Waals surface area (Å²) in [5, 5.41) is 13.0. The van der Waals surface area contributed by atoms with Crippen molar-refractivity contribution in [3.63, 3.8) is 0 Å². The SMILES string of the molecule is CC(C)OC(=O)NCC1(CC(=O)NCCCSCSCCCNC(=O)CC2(CNC(=O)OC(C)(C)C)CCCCC2)CCCCC1. The molecule has 2 aliphatic rings. The van der Waals surface area contributed by atoms with E-state index in [1.54, 1.807) is 0 Å². The lowest BCUT2D eigenvalue weighted by molar-refractivity contribution is -0.124. The van der Waals surface area contributed by atoms with Gasteiger partial charge in [-0.2, -0.15) is 23.5 Å². The first-order valence-electron chi connectivity index (χ1n) is 17.4. The quantitative estimate of drug-likeness (QED) is 0.0865. The van der Waals surface area contributed by atoms with Gasteiger partial charge in [-0.15, -0.1) is 0 Å². The third-order valence-corrected chi connectivity index (χ3v) is 11.1. The zero-order chi connectivity index (χ0) is 33.9. The number of hydrogen-bond acceptors (Lipinski definition) is 8. The fraction of sp³-hybridized carbons (Fsp3) is 0.882. The molecule has 4 N–H and O–H groups in total. The van der Waals surface area contributed by atoms with Gasteiger partial charge in [0.15, 0.2) is 0 Å². The van der Waals surface area contributed by atoms with Crippen LogP contribution in [0.25, 0.3) is 0 Å². The maximum atomic E-state index is 12.8. The second kappa shape index (κ2) is 21.2. The highest BCUT2D eigenvalue weighted by atomic mass is 32.2. The molecule has 0 heterocycles. The number of thioether (sulfide) groups is 2. The second-order valence-electron chi connectivity index (χ2n) is 14.5. The molecule has 4 amide bonds. The molecule has 0 spiro atoms. The summed E-state index contributed by atoms with van der Waals surface area (Å²) < 4.78 is 10.6. The second-order valence-corrected chi connectivity index (χ2v) is 17.1. The zero-order valence-electron chi connectivity index (χ0n) is 29.2. The van der Waals surface area contributed by atoms with Crippen molar-refractivity contribution in [3.8, 4) is 0 Å². The molecule has 0 aromatic rings. The average molecular weight is 687 g/mol. The van der Waals surface area contributed by atoms with E-state index in [1.807, 2.05) is 58.1 Å². The van der Waals surface area contributed by atoms with E-state index in [1.165, 1.54) is 12.8 Å². The highest BCUT2D eigenvalue weighted by Gasteiger charge is 2.36. The van der Waals surface area contributed by atoms with Gasteiger partial charge < -0.3 is 30.7 Å². The summed E-state index contributed by atoms with van der Waals surface area (Å²) in [5.74, 6) is 2.09. The Morgan fingerprint density at radius 3 is 1.52 bits per heavy atom. The molecule has 46 heavy (non-hydrogen) atoms. The first kappa shape index (κ1) is 40.4. The maximum Gasteiger partial charge on any atom is 0.407 e. The molecule has 2 rings (SSSR count). The Kier molecular flexibility index (Phi) is 18.6. The Balaban J connectivity index is 1.53. The molecule has 0 aliphatic heterocycles. The number of nitrogens with one attached hydrogen (secondary N) is 4. The topological polar surface area (TPSA) is 135 Å². The molecule has 0 radical (unpaired) electrons. The van der Waals surface area contributed by atoms with E-state index in [0.29, 0.717) is 39.0 Å². The van der Waals surface area contributed by atoms with Crippen molar-refractivity contribution in [1.82, 2.24) is 21.3 Å². The van der Waals surface area contributed by atoms with Crippen LogP contribution in [0.4, 0.5) is 9.59 Å². The zero-order valence-corrected chi connectivity index (χ0v) is 30.8. The van der Waals surface area contributed by atoms with E-state index in [2.05, 4.69) is 21.3 Å². The molecular weight excluding hydrogens is 625 g/mol. The largest absolute Gasteiger partial charge is 0.447 e. The van der Waals surface area contributed by atoms with Gasteiger partial charge in [0.2, 0.25) is 11.8 Å². The molecule has 10 nitrogen and oxygen atoms in total. The summed E-state index contributed by atoms with van der Waals surface area (Å²) in [7, 11) is 0. The van der Waals surface area contributed by atoms with Crippen molar-refractivity contribution in [2.75, 3.05) is 42.8 Å². The highest BCUT2D eigenvalue weighted by Crippen LogP contribution is 2.40. The van der Waals surface area contributed by atoms with E-state index in [4.69, 9.17) is 9.47 Å². The first-order valence-corrected chi connectivity index (χ1v) is 19.7. The molecule has 0 bridgehead atoms. The van der Waals surface area contributed by atoms with Gasteiger partial charge in [0, 0.05) is 44.1 Å². The normalized spacial score (nSPS) is 17.5. The Morgan fingerprint density at radius 1 is 0.674 bits per heavy atom. The van der Waals surface area contributed by atoms with Crippen LogP contribution in [0.3, 0.4) is 0 Å².